The number of rotatable bonds is 2. The molecule has 2 N–H and O–H groups in total. The second-order valence-corrected chi connectivity index (χ2v) is 6.03. The number of likely N-dealkylation sites (tertiary alicyclic amines) is 1. The summed E-state index contributed by atoms with van der Waals surface area (Å²) in [4.78, 5) is 21.9. The minimum Gasteiger partial charge on any atom is -0.393 e. The molecule has 0 unspecified atom stereocenters. The summed E-state index contributed by atoms with van der Waals surface area (Å²) in [5.41, 5.74) is 2.03. The topological polar surface area (TPSA) is 69.2 Å². The zero-order valence-corrected chi connectivity index (χ0v) is 13.1. The number of hydrogen-bond donors (Lipinski definition) is 2. The first-order chi connectivity index (χ1) is 10.5. The van der Waals surface area contributed by atoms with Crippen molar-refractivity contribution in [2.45, 2.75) is 25.9 Å². The number of hydrogen-bond acceptors (Lipinski definition) is 3. The first-order valence-electron chi connectivity index (χ1n) is 7.34. The van der Waals surface area contributed by atoms with E-state index in [0.29, 0.717) is 42.5 Å². The first-order valence-corrected chi connectivity index (χ1v) is 7.72. The van der Waals surface area contributed by atoms with Crippen molar-refractivity contribution in [2.75, 3.05) is 13.1 Å². The lowest BCUT2D eigenvalue weighted by molar-refractivity contribution is 0.0541. The molecule has 1 aliphatic heterocycles. The third kappa shape index (κ3) is 3.00. The predicted octanol–water partition coefficient (Wildman–Crippen LogP) is 2.64. The van der Waals surface area contributed by atoms with Crippen LogP contribution in [0.2, 0.25) is 5.02 Å². The summed E-state index contributed by atoms with van der Waals surface area (Å²) in [6.07, 6.45) is 0.943. The van der Waals surface area contributed by atoms with Crippen molar-refractivity contribution in [2.24, 2.45) is 0 Å². The lowest BCUT2D eigenvalue weighted by Gasteiger charge is -2.29. The summed E-state index contributed by atoms with van der Waals surface area (Å²) in [7, 11) is 0. The van der Waals surface area contributed by atoms with Gasteiger partial charge in [-0.3, -0.25) is 4.79 Å². The molecule has 1 saturated heterocycles. The van der Waals surface area contributed by atoms with Gasteiger partial charge in [0.1, 0.15) is 11.5 Å². The van der Waals surface area contributed by atoms with E-state index in [4.69, 9.17) is 11.6 Å². The molecular formula is C16H18ClN3O2. The lowest BCUT2D eigenvalue weighted by Crippen LogP contribution is -2.40. The normalized spacial score (nSPS) is 16.0. The van der Waals surface area contributed by atoms with Crippen LogP contribution in [0.5, 0.6) is 0 Å². The van der Waals surface area contributed by atoms with Crippen LogP contribution in [-0.2, 0) is 0 Å². The van der Waals surface area contributed by atoms with Gasteiger partial charge >= 0.3 is 0 Å². The molecule has 116 valence electrons. The number of aromatic nitrogens is 2. The number of halogens is 1. The maximum atomic E-state index is 12.6. The Kier molecular flexibility index (Phi) is 4.18. The van der Waals surface area contributed by atoms with Gasteiger partial charge in [0.15, 0.2) is 0 Å². The summed E-state index contributed by atoms with van der Waals surface area (Å²) in [6, 6.07) is 7.36. The van der Waals surface area contributed by atoms with E-state index in [0.717, 1.165) is 11.3 Å². The number of H-pyrrole nitrogens is 1. The van der Waals surface area contributed by atoms with Gasteiger partial charge in [0.2, 0.25) is 0 Å². The van der Waals surface area contributed by atoms with Crippen LogP contribution in [0, 0.1) is 6.92 Å². The minimum absolute atomic E-state index is 0.0890. The number of amides is 1. The maximum Gasteiger partial charge on any atom is 0.274 e. The van der Waals surface area contributed by atoms with Crippen LogP contribution >= 0.6 is 11.6 Å². The van der Waals surface area contributed by atoms with E-state index >= 15 is 0 Å². The Morgan fingerprint density at radius 1 is 1.41 bits per heavy atom. The summed E-state index contributed by atoms with van der Waals surface area (Å²) in [5.74, 6) is 0.550. The Morgan fingerprint density at radius 2 is 2.14 bits per heavy atom. The van der Waals surface area contributed by atoms with Crippen LogP contribution in [0.25, 0.3) is 11.4 Å². The summed E-state index contributed by atoms with van der Waals surface area (Å²) in [5, 5.41) is 10.2. The molecule has 0 spiro atoms. The fourth-order valence-electron chi connectivity index (χ4n) is 2.66. The van der Waals surface area contributed by atoms with Crippen LogP contribution in [-0.4, -0.2) is 45.1 Å². The second kappa shape index (κ2) is 6.10. The molecule has 2 heterocycles. The third-order valence-electron chi connectivity index (χ3n) is 3.94. The molecule has 1 aliphatic rings. The van der Waals surface area contributed by atoms with Gasteiger partial charge in [-0.2, -0.15) is 0 Å². The highest BCUT2D eigenvalue weighted by Crippen LogP contribution is 2.23. The SMILES string of the molecule is Cc1[nH]c(-c2cccc(Cl)c2)nc1C(=O)N1CCC(O)CC1. The first kappa shape index (κ1) is 15.1. The van der Waals surface area contributed by atoms with Crippen LogP contribution in [0.15, 0.2) is 24.3 Å². The molecule has 5 nitrogen and oxygen atoms in total. The molecule has 1 amide bonds. The van der Waals surface area contributed by atoms with Crippen molar-refractivity contribution >= 4 is 17.5 Å². The fraction of sp³-hybridized carbons (Fsp3) is 0.375. The number of carbonyl (C=O) groups excluding carboxylic acids is 1. The van der Waals surface area contributed by atoms with Gasteiger partial charge in [-0.25, -0.2) is 4.98 Å². The van der Waals surface area contributed by atoms with Gasteiger partial charge in [-0.1, -0.05) is 23.7 Å². The number of aromatic amines is 1. The zero-order chi connectivity index (χ0) is 15.7. The van der Waals surface area contributed by atoms with Gasteiger partial charge in [-0.05, 0) is 31.9 Å². The van der Waals surface area contributed by atoms with Gasteiger partial charge in [0.25, 0.3) is 5.91 Å². The Hall–Kier alpha value is -1.85. The number of nitrogens with zero attached hydrogens (tertiary/aromatic N) is 2. The number of aliphatic hydroxyl groups is 1. The summed E-state index contributed by atoms with van der Waals surface area (Å²) < 4.78 is 0. The molecule has 0 radical (unpaired) electrons. The molecule has 1 fully saturated rings. The van der Waals surface area contributed by atoms with Crippen molar-refractivity contribution in [1.29, 1.82) is 0 Å². The highest BCUT2D eigenvalue weighted by molar-refractivity contribution is 6.30. The minimum atomic E-state index is -0.300. The Balaban J connectivity index is 1.84. The molecule has 6 heteroatoms. The number of aryl methyl sites for hydroxylation is 1. The van der Waals surface area contributed by atoms with E-state index in [-0.39, 0.29) is 12.0 Å². The summed E-state index contributed by atoms with van der Waals surface area (Å²) >= 11 is 6.00. The number of benzene rings is 1. The largest absolute Gasteiger partial charge is 0.393 e. The predicted molar refractivity (Wildman–Crippen MR) is 84.9 cm³/mol. The third-order valence-corrected chi connectivity index (χ3v) is 4.17. The molecule has 0 saturated carbocycles. The number of carbonyl (C=O) groups is 1. The van der Waals surface area contributed by atoms with E-state index in [9.17, 15) is 9.90 Å². The van der Waals surface area contributed by atoms with Gasteiger partial charge in [0.05, 0.1) is 6.10 Å². The van der Waals surface area contributed by atoms with Crippen molar-refractivity contribution in [3.8, 4) is 11.4 Å². The van der Waals surface area contributed by atoms with E-state index in [1.807, 2.05) is 25.1 Å². The number of aliphatic hydroxyl groups excluding tert-OH is 1. The van der Waals surface area contributed by atoms with Gasteiger partial charge < -0.3 is 15.0 Å². The number of imidazole rings is 1. The molecule has 1 aromatic heterocycles. The van der Waals surface area contributed by atoms with E-state index in [1.54, 1.807) is 11.0 Å². The average molecular weight is 320 g/mol. The Morgan fingerprint density at radius 3 is 2.82 bits per heavy atom. The van der Waals surface area contributed by atoms with Gasteiger partial charge in [-0.15, -0.1) is 0 Å². The quantitative estimate of drug-likeness (QED) is 0.894. The van der Waals surface area contributed by atoms with Crippen LogP contribution < -0.4 is 0 Å². The monoisotopic (exact) mass is 319 g/mol. The standard InChI is InChI=1S/C16H18ClN3O2/c1-10-14(16(22)20-7-5-13(21)6-8-20)19-15(18-10)11-3-2-4-12(17)9-11/h2-4,9,13,21H,5-8H2,1H3,(H,18,19). The van der Waals surface area contributed by atoms with Crippen LogP contribution in [0.3, 0.4) is 0 Å². The number of piperidine rings is 1. The van der Waals surface area contributed by atoms with E-state index < -0.39 is 0 Å². The van der Waals surface area contributed by atoms with Crippen molar-refractivity contribution in [3.63, 3.8) is 0 Å². The highest BCUT2D eigenvalue weighted by atomic mass is 35.5. The zero-order valence-electron chi connectivity index (χ0n) is 12.3. The van der Waals surface area contributed by atoms with Crippen LogP contribution in [0.1, 0.15) is 29.0 Å². The number of nitrogens with one attached hydrogen (secondary N) is 1. The fourth-order valence-corrected chi connectivity index (χ4v) is 2.85. The maximum absolute atomic E-state index is 12.6. The van der Waals surface area contributed by atoms with Gasteiger partial charge in [0, 0.05) is 29.4 Å². The van der Waals surface area contributed by atoms with E-state index in [2.05, 4.69) is 9.97 Å². The molecule has 0 bridgehead atoms. The van der Waals surface area contributed by atoms with Crippen molar-refractivity contribution < 1.29 is 9.90 Å². The molecule has 1 aromatic carbocycles. The lowest BCUT2D eigenvalue weighted by atomic mass is 10.1. The Labute approximate surface area is 133 Å². The molecule has 3 rings (SSSR count). The van der Waals surface area contributed by atoms with E-state index in [1.165, 1.54) is 0 Å². The molecule has 2 aromatic rings. The van der Waals surface area contributed by atoms with Crippen LogP contribution in [0.4, 0.5) is 0 Å². The Bertz CT molecular complexity index is 690. The molecule has 0 aliphatic carbocycles. The second-order valence-electron chi connectivity index (χ2n) is 5.59. The highest BCUT2D eigenvalue weighted by Gasteiger charge is 2.25. The summed E-state index contributed by atoms with van der Waals surface area (Å²) in [6.45, 7) is 2.98. The molecule has 22 heavy (non-hydrogen) atoms. The average Bonchev–Trinajstić information content (AvgIpc) is 2.89. The van der Waals surface area contributed by atoms with Crippen molar-refractivity contribution in [3.05, 3.63) is 40.7 Å². The smallest absolute Gasteiger partial charge is 0.274 e. The van der Waals surface area contributed by atoms with Crippen molar-refractivity contribution in [1.82, 2.24) is 14.9 Å². The molecular weight excluding hydrogens is 302 g/mol. The molecule has 0 atom stereocenters.